The Labute approximate surface area is 99.9 Å². The van der Waals surface area contributed by atoms with Gasteiger partial charge < -0.3 is 14.8 Å². The Morgan fingerprint density at radius 1 is 1.31 bits per heavy atom. The van der Waals surface area contributed by atoms with E-state index in [1.807, 2.05) is 0 Å². The topological polar surface area (TPSA) is 30.5 Å². The van der Waals surface area contributed by atoms with Gasteiger partial charge in [0.25, 0.3) is 0 Å². The van der Waals surface area contributed by atoms with Crippen LogP contribution in [0.5, 0.6) is 0 Å². The van der Waals surface area contributed by atoms with Crippen LogP contribution in [0.1, 0.15) is 39.5 Å². The van der Waals surface area contributed by atoms with Gasteiger partial charge >= 0.3 is 0 Å². The summed E-state index contributed by atoms with van der Waals surface area (Å²) in [6.07, 6.45) is 5.22. The van der Waals surface area contributed by atoms with Crippen LogP contribution in [-0.4, -0.2) is 39.0 Å². The Hall–Kier alpha value is -0.120. The highest BCUT2D eigenvalue weighted by molar-refractivity contribution is 4.76. The highest BCUT2D eigenvalue weighted by atomic mass is 16.5. The van der Waals surface area contributed by atoms with Crippen LogP contribution in [0.25, 0.3) is 0 Å². The van der Waals surface area contributed by atoms with Crippen LogP contribution in [0.2, 0.25) is 0 Å². The molecular weight excluding hydrogens is 202 g/mol. The Kier molecular flexibility index (Phi) is 7.81. The molecule has 1 aliphatic rings. The summed E-state index contributed by atoms with van der Waals surface area (Å²) in [5.74, 6) is 0.709. The number of hydrogen-bond donors (Lipinski definition) is 1. The second-order valence-corrected chi connectivity index (χ2v) is 4.54. The number of hydrogen-bond acceptors (Lipinski definition) is 3. The quantitative estimate of drug-likeness (QED) is 0.615. The van der Waals surface area contributed by atoms with E-state index in [0.29, 0.717) is 12.0 Å². The van der Waals surface area contributed by atoms with E-state index in [1.165, 1.54) is 19.3 Å². The zero-order chi connectivity index (χ0) is 11.6. The predicted octanol–water partition coefficient (Wildman–Crippen LogP) is 2.21. The SMILES string of the molecule is CCCCOCCNCC1CCOC1CC. The van der Waals surface area contributed by atoms with Crippen molar-refractivity contribution >= 4 is 0 Å². The largest absolute Gasteiger partial charge is 0.380 e. The summed E-state index contributed by atoms with van der Waals surface area (Å²) in [4.78, 5) is 0. The van der Waals surface area contributed by atoms with E-state index in [4.69, 9.17) is 9.47 Å². The van der Waals surface area contributed by atoms with Gasteiger partial charge in [0.2, 0.25) is 0 Å². The highest BCUT2D eigenvalue weighted by Gasteiger charge is 2.25. The van der Waals surface area contributed by atoms with Gasteiger partial charge in [0, 0.05) is 26.3 Å². The number of rotatable bonds is 9. The molecule has 0 aromatic rings. The number of ether oxygens (including phenoxy) is 2. The van der Waals surface area contributed by atoms with Crippen molar-refractivity contribution in [3.63, 3.8) is 0 Å². The first kappa shape index (κ1) is 13.9. The van der Waals surface area contributed by atoms with Crippen molar-refractivity contribution in [1.29, 1.82) is 0 Å². The molecule has 0 spiro atoms. The van der Waals surface area contributed by atoms with Crippen LogP contribution in [0, 0.1) is 5.92 Å². The molecule has 0 amide bonds. The van der Waals surface area contributed by atoms with E-state index in [2.05, 4.69) is 19.2 Å². The van der Waals surface area contributed by atoms with Crippen LogP contribution < -0.4 is 5.32 Å². The molecule has 0 aliphatic carbocycles. The molecule has 16 heavy (non-hydrogen) atoms. The first-order chi connectivity index (χ1) is 7.88. The van der Waals surface area contributed by atoms with E-state index >= 15 is 0 Å². The second-order valence-electron chi connectivity index (χ2n) is 4.54. The highest BCUT2D eigenvalue weighted by Crippen LogP contribution is 2.22. The first-order valence-corrected chi connectivity index (χ1v) is 6.78. The molecule has 0 aromatic carbocycles. The molecule has 2 unspecified atom stereocenters. The molecular formula is C13H27NO2. The van der Waals surface area contributed by atoms with E-state index in [9.17, 15) is 0 Å². The van der Waals surface area contributed by atoms with E-state index < -0.39 is 0 Å². The molecule has 0 saturated carbocycles. The molecule has 0 bridgehead atoms. The van der Waals surface area contributed by atoms with Gasteiger partial charge in [-0.15, -0.1) is 0 Å². The summed E-state index contributed by atoms with van der Waals surface area (Å²) in [5, 5.41) is 3.46. The van der Waals surface area contributed by atoms with Crippen molar-refractivity contribution in [2.75, 3.05) is 32.9 Å². The minimum atomic E-state index is 0.480. The fourth-order valence-corrected chi connectivity index (χ4v) is 2.16. The minimum absolute atomic E-state index is 0.480. The Balaban J connectivity index is 1.90. The molecule has 0 radical (unpaired) electrons. The molecule has 96 valence electrons. The second kappa shape index (κ2) is 8.97. The van der Waals surface area contributed by atoms with Gasteiger partial charge in [0.1, 0.15) is 0 Å². The zero-order valence-electron chi connectivity index (χ0n) is 10.8. The average molecular weight is 229 g/mol. The normalized spacial score (nSPS) is 25.1. The summed E-state index contributed by atoms with van der Waals surface area (Å²) >= 11 is 0. The van der Waals surface area contributed by atoms with Gasteiger partial charge in [-0.1, -0.05) is 20.3 Å². The van der Waals surface area contributed by atoms with E-state index in [-0.39, 0.29) is 0 Å². The third-order valence-corrected chi connectivity index (χ3v) is 3.22. The van der Waals surface area contributed by atoms with Crippen LogP contribution in [-0.2, 0) is 9.47 Å². The van der Waals surface area contributed by atoms with Crippen LogP contribution in [0.15, 0.2) is 0 Å². The lowest BCUT2D eigenvalue weighted by Gasteiger charge is -2.17. The predicted molar refractivity (Wildman–Crippen MR) is 66.7 cm³/mol. The maximum absolute atomic E-state index is 5.65. The van der Waals surface area contributed by atoms with Crippen molar-refractivity contribution in [1.82, 2.24) is 5.32 Å². The third-order valence-electron chi connectivity index (χ3n) is 3.22. The Morgan fingerprint density at radius 2 is 2.19 bits per heavy atom. The standard InChI is InChI=1S/C13H27NO2/c1-3-5-8-15-10-7-14-11-12-6-9-16-13(12)4-2/h12-14H,3-11H2,1-2H3. The van der Waals surface area contributed by atoms with Crippen LogP contribution in [0.3, 0.4) is 0 Å². The van der Waals surface area contributed by atoms with Crippen molar-refractivity contribution in [3.8, 4) is 0 Å². The van der Waals surface area contributed by atoms with Gasteiger partial charge in [-0.05, 0) is 25.2 Å². The lowest BCUT2D eigenvalue weighted by molar-refractivity contribution is 0.0857. The molecule has 1 N–H and O–H groups in total. The fourth-order valence-electron chi connectivity index (χ4n) is 2.16. The third kappa shape index (κ3) is 5.28. The summed E-state index contributed by atoms with van der Waals surface area (Å²) < 4.78 is 11.2. The van der Waals surface area contributed by atoms with Gasteiger partial charge in [0.05, 0.1) is 12.7 Å². The van der Waals surface area contributed by atoms with Crippen molar-refractivity contribution in [3.05, 3.63) is 0 Å². The van der Waals surface area contributed by atoms with E-state index in [1.54, 1.807) is 0 Å². The zero-order valence-corrected chi connectivity index (χ0v) is 10.8. The van der Waals surface area contributed by atoms with Crippen molar-refractivity contribution < 1.29 is 9.47 Å². The average Bonchev–Trinajstić information content (AvgIpc) is 2.75. The Bertz CT molecular complexity index is 164. The summed E-state index contributed by atoms with van der Waals surface area (Å²) in [6.45, 7) is 9.13. The summed E-state index contributed by atoms with van der Waals surface area (Å²) in [5.41, 5.74) is 0. The lowest BCUT2D eigenvalue weighted by Crippen LogP contribution is -2.30. The number of nitrogens with one attached hydrogen (secondary N) is 1. The van der Waals surface area contributed by atoms with Crippen LogP contribution >= 0.6 is 0 Å². The Morgan fingerprint density at radius 3 is 2.94 bits per heavy atom. The van der Waals surface area contributed by atoms with E-state index in [0.717, 1.165) is 39.3 Å². The maximum atomic E-state index is 5.65. The van der Waals surface area contributed by atoms with Crippen molar-refractivity contribution in [2.45, 2.75) is 45.6 Å². The molecule has 1 rings (SSSR count). The minimum Gasteiger partial charge on any atom is -0.380 e. The monoisotopic (exact) mass is 229 g/mol. The molecule has 3 heteroatoms. The smallest absolute Gasteiger partial charge is 0.0613 e. The van der Waals surface area contributed by atoms with Gasteiger partial charge in [-0.25, -0.2) is 0 Å². The van der Waals surface area contributed by atoms with Crippen molar-refractivity contribution in [2.24, 2.45) is 5.92 Å². The van der Waals surface area contributed by atoms with Gasteiger partial charge in [-0.3, -0.25) is 0 Å². The molecule has 1 fully saturated rings. The number of unbranched alkanes of at least 4 members (excludes halogenated alkanes) is 1. The molecule has 1 aliphatic heterocycles. The first-order valence-electron chi connectivity index (χ1n) is 6.78. The van der Waals surface area contributed by atoms with Gasteiger partial charge in [0.15, 0.2) is 0 Å². The molecule has 1 heterocycles. The van der Waals surface area contributed by atoms with Gasteiger partial charge in [-0.2, -0.15) is 0 Å². The molecule has 0 aromatic heterocycles. The lowest BCUT2D eigenvalue weighted by atomic mass is 10.00. The maximum Gasteiger partial charge on any atom is 0.0613 e. The van der Waals surface area contributed by atoms with Crippen LogP contribution in [0.4, 0.5) is 0 Å². The molecule has 3 nitrogen and oxygen atoms in total. The molecule has 1 saturated heterocycles. The fraction of sp³-hybridized carbons (Fsp3) is 1.00. The summed E-state index contributed by atoms with van der Waals surface area (Å²) in [7, 11) is 0. The molecule has 2 atom stereocenters. The summed E-state index contributed by atoms with van der Waals surface area (Å²) in [6, 6.07) is 0.